The molecule has 1 heterocycles. The van der Waals surface area contributed by atoms with Gasteiger partial charge in [0.05, 0.1) is 0 Å². The number of aromatic hydroxyl groups is 1. The summed E-state index contributed by atoms with van der Waals surface area (Å²) in [6, 6.07) is 4.71. The standard InChI is InChI=1S/C14H21FN2O/c1-11(2)17-7-5-16(6-8-17)10-12-9-13(15)3-4-14(12)18/h3-4,9,11,18H,5-8,10H2,1-2H3. The molecule has 0 aromatic heterocycles. The lowest BCUT2D eigenvalue weighted by Crippen LogP contribution is -2.48. The van der Waals surface area contributed by atoms with Gasteiger partial charge >= 0.3 is 0 Å². The van der Waals surface area contributed by atoms with Crippen molar-refractivity contribution in [1.82, 2.24) is 9.80 Å². The summed E-state index contributed by atoms with van der Waals surface area (Å²) in [6.07, 6.45) is 0. The predicted molar refractivity (Wildman–Crippen MR) is 70.1 cm³/mol. The number of hydrogen-bond acceptors (Lipinski definition) is 3. The molecule has 18 heavy (non-hydrogen) atoms. The maximum Gasteiger partial charge on any atom is 0.123 e. The van der Waals surface area contributed by atoms with Gasteiger partial charge in [0.1, 0.15) is 11.6 Å². The lowest BCUT2D eigenvalue weighted by Gasteiger charge is -2.37. The van der Waals surface area contributed by atoms with Crippen LogP contribution in [0.25, 0.3) is 0 Å². The van der Waals surface area contributed by atoms with E-state index < -0.39 is 0 Å². The van der Waals surface area contributed by atoms with Crippen molar-refractivity contribution in [3.05, 3.63) is 29.6 Å². The van der Waals surface area contributed by atoms with E-state index in [0.717, 1.165) is 26.2 Å². The molecule has 0 unspecified atom stereocenters. The Labute approximate surface area is 108 Å². The average Bonchev–Trinajstić information content (AvgIpc) is 2.34. The van der Waals surface area contributed by atoms with Crippen molar-refractivity contribution in [3.63, 3.8) is 0 Å². The molecule has 0 saturated carbocycles. The van der Waals surface area contributed by atoms with Crippen LogP contribution < -0.4 is 0 Å². The normalized spacial score (nSPS) is 18.4. The van der Waals surface area contributed by atoms with Crippen LogP contribution in [-0.2, 0) is 6.54 Å². The molecule has 3 nitrogen and oxygen atoms in total. The Balaban J connectivity index is 1.93. The quantitative estimate of drug-likeness (QED) is 0.892. The predicted octanol–water partition coefficient (Wildman–Crippen LogP) is 2.06. The first-order valence-corrected chi connectivity index (χ1v) is 6.50. The van der Waals surface area contributed by atoms with Gasteiger partial charge in [-0.25, -0.2) is 4.39 Å². The summed E-state index contributed by atoms with van der Waals surface area (Å²) in [5, 5.41) is 9.70. The molecule has 1 aliphatic heterocycles. The van der Waals surface area contributed by atoms with Crippen molar-refractivity contribution in [2.24, 2.45) is 0 Å². The second-order valence-electron chi connectivity index (χ2n) is 5.18. The molecule has 0 bridgehead atoms. The van der Waals surface area contributed by atoms with Crippen molar-refractivity contribution in [2.75, 3.05) is 26.2 Å². The zero-order valence-electron chi connectivity index (χ0n) is 11.1. The third-order valence-corrected chi connectivity index (χ3v) is 3.57. The molecule has 0 spiro atoms. The van der Waals surface area contributed by atoms with Crippen molar-refractivity contribution in [1.29, 1.82) is 0 Å². The first-order chi connectivity index (χ1) is 8.56. The van der Waals surface area contributed by atoms with Gasteiger partial charge in [-0.15, -0.1) is 0 Å². The number of benzene rings is 1. The van der Waals surface area contributed by atoms with Gasteiger partial charge in [0, 0.05) is 44.3 Å². The van der Waals surface area contributed by atoms with E-state index >= 15 is 0 Å². The van der Waals surface area contributed by atoms with Crippen molar-refractivity contribution < 1.29 is 9.50 Å². The summed E-state index contributed by atoms with van der Waals surface area (Å²) in [4.78, 5) is 4.69. The van der Waals surface area contributed by atoms with Crippen LogP contribution in [0.5, 0.6) is 5.75 Å². The number of piperazine rings is 1. The van der Waals surface area contributed by atoms with Gasteiger partial charge in [0.25, 0.3) is 0 Å². The molecule has 0 aliphatic carbocycles. The molecule has 1 N–H and O–H groups in total. The van der Waals surface area contributed by atoms with E-state index in [-0.39, 0.29) is 11.6 Å². The lowest BCUT2D eigenvalue weighted by atomic mass is 10.1. The molecule has 1 saturated heterocycles. The largest absolute Gasteiger partial charge is 0.508 e. The second-order valence-corrected chi connectivity index (χ2v) is 5.18. The molecule has 1 aliphatic rings. The summed E-state index contributed by atoms with van der Waals surface area (Å²) >= 11 is 0. The molecule has 1 aromatic rings. The first kappa shape index (κ1) is 13.3. The van der Waals surface area contributed by atoms with Gasteiger partial charge in [-0.1, -0.05) is 0 Å². The van der Waals surface area contributed by atoms with Crippen molar-refractivity contribution in [2.45, 2.75) is 26.4 Å². The number of phenolic OH excluding ortho intramolecular Hbond substituents is 1. The van der Waals surface area contributed by atoms with E-state index in [9.17, 15) is 9.50 Å². The summed E-state index contributed by atoms with van der Waals surface area (Å²) in [5.41, 5.74) is 0.674. The highest BCUT2D eigenvalue weighted by atomic mass is 19.1. The fraction of sp³-hybridized carbons (Fsp3) is 0.571. The van der Waals surface area contributed by atoms with Crippen LogP contribution in [-0.4, -0.2) is 47.1 Å². The minimum atomic E-state index is -0.288. The van der Waals surface area contributed by atoms with Crippen molar-refractivity contribution >= 4 is 0 Å². The van der Waals surface area contributed by atoms with Crippen LogP contribution in [0.2, 0.25) is 0 Å². The molecule has 0 atom stereocenters. The van der Waals surface area contributed by atoms with Crippen LogP contribution >= 0.6 is 0 Å². The van der Waals surface area contributed by atoms with Crippen LogP contribution in [0, 0.1) is 5.82 Å². The van der Waals surface area contributed by atoms with E-state index in [2.05, 4.69) is 23.6 Å². The number of nitrogens with zero attached hydrogens (tertiary/aromatic N) is 2. The summed E-state index contributed by atoms with van der Waals surface area (Å²) in [6.45, 7) is 9.03. The maximum absolute atomic E-state index is 13.1. The molecular weight excluding hydrogens is 231 g/mol. The average molecular weight is 252 g/mol. The van der Waals surface area contributed by atoms with Gasteiger partial charge in [0.2, 0.25) is 0 Å². The van der Waals surface area contributed by atoms with E-state index in [0.29, 0.717) is 18.2 Å². The fourth-order valence-corrected chi connectivity index (χ4v) is 2.36. The molecule has 1 aromatic carbocycles. The van der Waals surface area contributed by atoms with E-state index in [1.54, 1.807) is 0 Å². The number of rotatable bonds is 3. The molecule has 1 fully saturated rings. The Morgan fingerprint density at radius 1 is 1.22 bits per heavy atom. The van der Waals surface area contributed by atoms with Gasteiger partial charge in [-0.05, 0) is 32.0 Å². The zero-order chi connectivity index (χ0) is 13.1. The third-order valence-electron chi connectivity index (χ3n) is 3.57. The van der Waals surface area contributed by atoms with Crippen molar-refractivity contribution in [3.8, 4) is 5.75 Å². The minimum Gasteiger partial charge on any atom is -0.508 e. The van der Waals surface area contributed by atoms with E-state index in [1.807, 2.05) is 0 Å². The fourth-order valence-electron chi connectivity index (χ4n) is 2.36. The smallest absolute Gasteiger partial charge is 0.123 e. The Morgan fingerprint density at radius 3 is 2.50 bits per heavy atom. The molecule has 0 amide bonds. The maximum atomic E-state index is 13.1. The monoisotopic (exact) mass is 252 g/mol. The summed E-state index contributed by atoms with van der Waals surface area (Å²) in [7, 11) is 0. The number of phenols is 1. The SMILES string of the molecule is CC(C)N1CCN(Cc2cc(F)ccc2O)CC1. The van der Waals surface area contributed by atoms with Gasteiger partial charge in [0.15, 0.2) is 0 Å². The molecule has 4 heteroatoms. The summed E-state index contributed by atoms with van der Waals surface area (Å²) < 4.78 is 13.1. The number of halogens is 1. The number of hydrogen-bond donors (Lipinski definition) is 1. The lowest BCUT2D eigenvalue weighted by molar-refractivity contribution is 0.103. The molecule has 100 valence electrons. The molecular formula is C14H21FN2O. The van der Waals surface area contributed by atoms with Gasteiger partial charge in [-0.2, -0.15) is 0 Å². The van der Waals surface area contributed by atoms with Gasteiger partial charge in [-0.3, -0.25) is 9.80 Å². The van der Waals surface area contributed by atoms with Gasteiger partial charge < -0.3 is 5.11 Å². The highest BCUT2D eigenvalue weighted by Crippen LogP contribution is 2.20. The topological polar surface area (TPSA) is 26.7 Å². The minimum absolute atomic E-state index is 0.183. The first-order valence-electron chi connectivity index (χ1n) is 6.50. The van der Waals surface area contributed by atoms with Crippen LogP contribution in [0.15, 0.2) is 18.2 Å². The van der Waals surface area contributed by atoms with Crippen LogP contribution in [0.3, 0.4) is 0 Å². The van der Waals surface area contributed by atoms with E-state index in [1.165, 1.54) is 18.2 Å². The Bertz CT molecular complexity index is 401. The highest BCUT2D eigenvalue weighted by molar-refractivity contribution is 5.32. The Kier molecular flexibility index (Phi) is 4.19. The highest BCUT2D eigenvalue weighted by Gasteiger charge is 2.19. The van der Waals surface area contributed by atoms with E-state index in [4.69, 9.17) is 0 Å². The second kappa shape index (κ2) is 5.67. The van der Waals surface area contributed by atoms with Crippen LogP contribution in [0.1, 0.15) is 19.4 Å². The Morgan fingerprint density at radius 2 is 1.89 bits per heavy atom. The molecule has 0 radical (unpaired) electrons. The zero-order valence-corrected chi connectivity index (χ0v) is 11.1. The summed E-state index contributed by atoms with van der Waals surface area (Å²) in [5.74, 6) is -0.105. The van der Waals surface area contributed by atoms with Crippen LogP contribution in [0.4, 0.5) is 4.39 Å². The Hall–Kier alpha value is -1.13. The third kappa shape index (κ3) is 3.21. The molecule has 2 rings (SSSR count).